The van der Waals surface area contributed by atoms with E-state index in [1.807, 2.05) is 0 Å². The lowest BCUT2D eigenvalue weighted by molar-refractivity contribution is -0.135. The zero-order valence-corrected chi connectivity index (χ0v) is 9.71. The molecule has 1 aromatic rings. The molecule has 0 amide bonds. The van der Waals surface area contributed by atoms with Crippen molar-refractivity contribution in [3.05, 3.63) is 29.8 Å². The molecule has 1 rings (SSSR count). The van der Waals surface area contributed by atoms with E-state index in [2.05, 4.69) is 4.74 Å². The monoisotopic (exact) mass is 282 g/mol. The molecule has 0 N–H and O–H groups in total. The van der Waals surface area contributed by atoms with E-state index in [4.69, 9.17) is 0 Å². The van der Waals surface area contributed by atoms with Crippen molar-refractivity contribution in [1.82, 2.24) is 0 Å². The number of Topliss-reactive ketones (excluding diaryl/α,β-unsaturated/α-hetero) is 1. The third kappa shape index (κ3) is 6.17. The summed E-state index contributed by atoms with van der Waals surface area (Å²) in [4.78, 5) is 11.6. The molecule has 0 aliphatic rings. The molecule has 0 bridgehead atoms. The van der Waals surface area contributed by atoms with Crippen LogP contribution in [0, 0.1) is 0 Å². The summed E-state index contributed by atoms with van der Waals surface area (Å²) in [5.74, 6) is -0.736. The first-order valence-corrected chi connectivity index (χ1v) is 5.43. The minimum Gasteiger partial charge on any atom is -0.435 e. The van der Waals surface area contributed by atoms with Crippen LogP contribution in [0.5, 0.6) is 5.75 Å². The van der Waals surface area contributed by atoms with Crippen molar-refractivity contribution in [2.75, 3.05) is 0 Å². The first-order valence-electron chi connectivity index (χ1n) is 5.43. The van der Waals surface area contributed by atoms with E-state index < -0.39 is 25.0 Å². The third-order valence-electron chi connectivity index (χ3n) is 2.25. The van der Waals surface area contributed by atoms with Crippen LogP contribution < -0.4 is 4.74 Å². The molecule has 0 aliphatic carbocycles. The van der Waals surface area contributed by atoms with E-state index in [9.17, 15) is 26.7 Å². The second-order valence-corrected chi connectivity index (χ2v) is 3.80. The Kier molecular flexibility index (Phi) is 5.26. The number of alkyl halides is 5. The van der Waals surface area contributed by atoms with Gasteiger partial charge in [0.2, 0.25) is 0 Å². The summed E-state index contributed by atoms with van der Waals surface area (Å²) in [6, 6.07) is 4.99. The number of carbonyl (C=O) groups excluding carboxylic acids is 1. The van der Waals surface area contributed by atoms with Gasteiger partial charge in [-0.1, -0.05) is 12.1 Å². The number of rotatable bonds is 6. The third-order valence-corrected chi connectivity index (χ3v) is 2.25. The molecular formula is C12H11F5O2. The van der Waals surface area contributed by atoms with Crippen LogP contribution in [0.15, 0.2) is 24.3 Å². The van der Waals surface area contributed by atoms with Crippen molar-refractivity contribution in [2.24, 2.45) is 0 Å². The van der Waals surface area contributed by atoms with Crippen LogP contribution in [-0.2, 0) is 0 Å². The van der Waals surface area contributed by atoms with Crippen molar-refractivity contribution in [2.45, 2.75) is 32.1 Å². The van der Waals surface area contributed by atoms with Gasteiger partial charge < -0.3 is 4.74 Å². The van der Waals surface area contributed by atoms with Crippen molar-refractivity contribution >= 4 is 5.78 Å². The normalized spacial score (nSPS) is 11.7. The van der Waals surface area contributed by atoms with Crippen LogP contribution in [-0.4, -0.2) is 18.6 Å². The molecule has 0 radical (unpaired) electrons. The van der Waals surface area contributed by atoms with E-state index in [1.165, 1.54) is 18.2 Å². The number of benzene rings is 1. The standard InChI is InChI=1S/C12H11F5O2/c13-11(14)19-9-4-1-3-8(7-9)10(18)5-2-6-12(15,16)17/h1,3-4,7,11H,2,5-6H2. The Morgan fingerprint density at radius 1 is 1.26 bits per heavy atom. The second-order valence-electron chi connectivity index (χ2n) is 3.80. The predicted molar refractivity (Wildman–Crippen MR) is 57.3 cm³/mol. The summed E-state index contributed by atoms with van der Waals surface area (Å²) in [6.07, 6.45) is -5.98. The number of halogens is 5. The highest BCUT2D eigenvalue weighted by atomic mass is 19.4. The van der Waals surface area contributed by atoms with Gasteiger partial charge in [-0.25, -0.2) is 0 Å². The van der Waals surface area contributed by atoms with E-state index in [-0.39, 0.29) is 24.2 Å². The van der Waals surface area contributed by atoms with E-state index >= 15 is 0 Å². The molecule has 0 aromatic heterocycles. The Bertz CT molecular complexity index is 428. The quantitative estimate of drug-likeness (QED) is 0.577. The first kappa shape index (κ1) is 15.4. The molecule has 2 nitrogen and oxygen atoms in total. The molecule has 0 spiro atoms. The fraction of sp³-hybridized carbons (Fsp3) is 0.417. The predicted octanol–water partition coefficient (Wildman–Crippen LogP) is 4.20. The number of hydrogen-bond acceptors (Lipinski definition) is 2. The van der Waals surface area contributed by atoms with Crippen LogP contribution in [0.25, 0.3) is 0 Å². The van der Waals surface area contributed by atoms with Crippen molar-refractivity contribution in [3.8, 4) is 5.75 Å². The maximum absolute atomic E-state index is 12.0. The van der Waals surface area contributed by atoms with Gasteiger partial charge in [-0.15, -0.1) is 0 Å². The smallest absolute Gasteiger partial charge is 0.389 e. The van der Waals surface area contributed by atoms with E-state index in [0.29, 0.717) is 0 Å². The lowest BCUT2D eigenvalue weighted by atomic mass is 10.1. The fourth-order valence-electron chi connectivity index (χ4n) is 1.44. The molecule has 0 aliphatic heterocycles. The van der Waals surface area contributed by atoms with Crippen LogP contribution in [0.2, 0.25) is 0 Å². The molecular weight excluding hydrogens is 271 g/mol. The molecule has 0 heterocycles. The highest BCUT2D eigenvalue weighted by Gasteiger charge is 2.26. The van der Waals surface area contributed by atoms with Crippen molar-refractivity contribution in [1.29, 1.82) is 0 Å². The molecule has 0 unspecified atom stereocenters. The number of carbonyl (C=O) groups is 1. The largest absolute Gasteiger partial charge is 0.435 e. The summed E-state index contributed by atoms with van der Waals surface area (Å²) >= 11 is 0. The number of hydrogen-bond donors (Lipinski definition) is 0. The van der Waals surface area contributed by atoms with Gasteiger partial charge in [0, 0.05) is 18.4 Å². The van der Waals surface area contributed by atoms with Crippen LogP contribution >= 0.6 is 0 Å². The van der Waals surface area contributed by atoms with E-state index in [1.54, 1.807) is 0 Å². The molecule has 106 valence electrons. The zero-order chi connectivity index (χ0) is 14.5. The Morgan fingerprint density at radius 2 is 1.95 bits per heavy atom. The van der Waals surface area contributed by atoms with Gasteiger partial charge in [-0.05, 0) is 18.6 Å². The summed E-state index contributed by atoms with van der Waals surface area (Å²) in [7, 11) is 0. The van der Waals surface area contributed by atoms with Gasteiger partial charge in [0.15, 0.2) is 5.78 Å². The molecule has 19 heavy (non-hydrogen) atoms. The topological polar surface area (TPSA) is 26.3 Å². The number of ether oxygens (including phenoxy) is 1. The van der Waals surface area contributed by atoms with Gasteiger partial charge >= 0.3 is 12.8 Å². The van der Waals surface area contributed by atoms with Crippen molar-refractivity contribution in [3.63, 3.8) is 0 Å². The highest BCUT2D eigenvalue weighted by Crippen LogP contribution is 2.23. The Morgan fingerprint density at radius 3 is 2.53 bits per heavy atom. The average Bonchev–Trinajstić information content (AvgIpc) is 2.26. The van der Waals surface area contributed by atoms with Crippen molar-refractivity contribution < 1.29 is 31.5 Å². The van der Waals surface area contributed by atoms with E-state index in [0.717, 1.165) is 6.07 Å². The minimum absolute atomic E-state index is 0.0559. The van der Waals surface area contributed by atoms with Gasteiger partial charge in [0.25, 0.3) is 0 Å². The van der Waals surface area contributed by atoms with Crippen LogP contribution in [0.1, 0.15) is 29.6 Å². The second kappa shape index (κ2) is 6.49. The van der Waals surface area contributed by atoms with Gasteiger partial charge in [0.05, 0.1) is 0 Å². The fourth-order valence-corrected chi connectivity index (χ4v) is 1.44. The molecule has 0 atom stereocenters. The van der Waals surface area contributed by atoms with Crippen LogP contribution in [0.4, 0.5) is 22.0 Å². The highest BCUT2D eigenvalue weighted by molar-refractivity contribution is 5.96. The Labute approximate surface area is 106 Å². The van der Waals surface area contributed by atoms with Crippen LogP contribution in [0.3, 0.4) is 0 Å². The maximum Gasteiger partial charge on any atom is 0.389 e. The molecule has 0 fully saturated rings. The van der Waals surface area contributed by atoms with Gasteiger partial charge in [-0.2, -0.15) is 22.0 Å². The summed E-state index contributed by atoms with van der Waals surface area (Å²) in [5.41, 5.74) is 0.0559. The summed E-state index contributed by atoms with van der Waals surface area (Å²) < 4.78 is 63.7. The first-order chi connectivity index (χ1) is 8.78. The zero-order valence-electron chi connectivity index (χ0n) is 9.71. The molecule has 7 heteroatoms. The Balaban J connectivity index is 2.57. The summed E-state index contributed by atoms with van der Waals surface area (Å²) in [5, 5.41) is 0. The SMILES string of the molecule is O=C(CCCC(F)(F)F)c1cccc(OC(F)F)c1. The number of ketones is 1. The summed E-state index contributed by atoms with van der Waals surface area (Å²) in [6.45, 7) is -3.02. The average molecular weight is 282 g/mol. The molecule has 0 saturated heterocycles. The van der Waals surface area contributed by atoms with Gasteiger partial charge in [-0.3, -0.25) is 4.79 Å². The lowest BCUT2D eigenvalue weighted by Crippen LogP contribution is -2.09. The van der Waals surface area contributed by atoms with Gasteiger partial charge in [0.1, 0.15) is 5.75 Å². The Hall–Kier alpha value is -1.66. The lowest BCUT2D eigenvalue weighted by Gasteiger charge is -2.07. The minimum atomic E-state index is -4.30. The molecule has 1 aromatic carbocycles. The maximum atomic E-state index is 12.0. The molecule has 0 saturated carbocycles.